The third-order valence-electron chi connectivity index (χ3n) is 8.01. The van der Waals surface area contributed by atoms with Gasteiger partial charge in [0.05, 0.1) is 22.8 Å². The first-order chi connectivity index (χ1) is 18.2. The van der Waals surface area contributed by atoms with Crippen molar-refractivity contribution in [3.8, 4) is 11.1 Å². The van der Waals surface area contributed by atoms with E-state index in [1.165, 1.54) is 11.1 Å². The minimum atomic E-state index is -1.14. The second kappa shape index (κ2) is 9.06. The van der Waals surface area contributed by atoms with Gasteiger partial charge in [-0.15, -0.1) is 0 Å². The summed E-state index contributed by atoms with van der Waals surface area (Å²) in [6.45, 7) is 11.2. The van der Waals surface area contributed by atoms with Crippen molar-refractivity contribution in [2.24, 2.45) is 13.0 Å². The molecule has 0 spiro atoms. The molecule has 1 N–H and O–H groups in total. The number of pyridine rings is 1. The topological polar surface area (TPSA) is 91.1 Å². The molecule has 0 radical (unpaired) electrons. The Bertz CT molecular complexity index is 1630. The van der Waals surface area contributed by atoms with E-state index < -0.39 is 5.60 Å². The first-order valence-corrected chi connectivity index (χ1v) is 13.3. The van der Waals surface area contributed by atoms with Gasteiger partial charge in [-0.25, -0.2) is 0 Å². The van der Waals surface area contributed by atoms with Crippen LogP contribution >= 0.6 is 0 Å². The Balaban J connectivity index is 1.75. The molecule has 0 amide bonds. The molecule has 1 atom stereocenters. The highest BCUT2D eigenvalue weighted by Crippen LogP contribution is 2.44. The zero-order valence-corrected chi connectivity index (χ0v) is 22.9. The normalized spacial score (nSPS) is 16.1. The molecule has 0 unspecified atom stereocenters. The average molecular weight is 514 g/mol. The molecule has 1 aliphatic rings. The van der Waals surface area contributed by atoms with Crippen LogP contribution in [0.25, 0.3) is 33.2 Å². The Morgan fingerprint density at radius 3 is 2.47 bits per heavy atom. The molecule has 1 fully saturated rings. The predicted octanol–water partition coefficient (Wildman–Crippen LogP) is 5.75. The molecule has 0 saturated carbocycles. The quantitative estimate of drug-likeness (QED) is 0.322. The molecule has 8 nitrogen and oxygen atoms in total. The molecule has 5 heterocycles. The summed E-state index contributed by atoms with van der Waals surface area (Å²) in [5.74, 6) is 1.12. The summed E-state index contributed by atoms with van der Waals surface area (Å²) in [6.07, 6.45) is 3.80. The molecule has 5 aromatic rings. The van der Waals surface area contributed by atoms with Crippen molar-refractivity contribution >= 4 is 22.1 Å². The summed E-state index contributed by atoms with van der Waals surface area (Å²) in [5, 5.41) is 20.3. The highest BCUT2D eigenvalue weighted by atomic mass is 16.5. The van der Waals surface area contributed by atoms with Crippen LogP contribution in [0.5, 0.6) is 0 Å². The SMILES string of the molecule is Cc1ccccc1[C@H](C1CCOCC1)n1c2cc(-c3c(C)noc3C)cnc2c2c1c(C(C)(C)O)nn2C. The molecule has 4 aromatic heterocycles. The molecule has 0 aliphatic carbocycles. The highest BCUT2D eigenvalue weighted by Gasteiger charge is 2.36. The lowest BCUT2D eigenvalue weighted by atomic mass is 9.84. The van der Waals surface area contributed by atoms with Crippen molar-refractivity contribution < 1.29 is 14.4 Å². The van der Waals surface area contributed by atoms with Gasteiger partial charge in [-0.1, -0.05) is 29.4 Å². The molecule has 1 aliphatic heterocycles. The lowest BCUT2D eigenvalue weighted by Crippen LogP contribution is -2.28. The lowest BCUT2D eigenvalue weighted by molar-refractivity contribution is 0.0547. The first kappa shape index (κ1) is 24.8. The fraction of sp³-hybridized carbons (Fsp3) is 0.433. The van der Waals surface area contributed by atoms with Gasteiger partial charge in [-0.2, -0.15) is 5.10 Å². The van der Waals surface area contributed by atoms with Gasteiger partial charge in [0.2, 0.25) is 0 Å². The van der Waals surface area contributed by atoms with Gasteiger partial charge >= 0.3 is 0 Å². The first-order valence-electron chi connectivity index (χ1n) is 13.3. The average Bonchev–Trinajstić information content (AvgIpc) is 3.52. The van der Waals surface area contributed by atoms with Crippen LogP contribution in [0.1, 0.15) is 61.0 Å². The number of rotatable bonds is 5. The number of benzene rings is 1. The Morgan fingerprint density at radius 1 is 1.08 bits per heavy atom. The third kappa shape index (κ3) is 3.85. The van der Waals surface area contributed by atoms with E-state index in [0.29, 0.717) is 11.6 Å². The maximum Gasteiger partial charge on any atom is 0.141 e. The standard InChI is InChI=1S/C30H35N5O3/c1-17-9-7-8-10-22(17)26(20-11-13-37-14-12-20)35-23-15-21(24-18(2)33-38-19(24)3)16-31-25(23)27-28(35)29(30(4,5)36)32-34(27)6/h7-10,15-16,20,26,36H,11-14H2,1-6H3/t26-/m0/s1. The van der Waals surface area contributed by atoms with Gasteiger partial charge in [0.1, 0.15) is 28.1 Å². The summed E-state index contributed by atoms with van der Waals surface area (Å²) in [5.41, 5.74) is 8.52. The second-order valence-corrected chi connectivity index (χ2v) is 11.1. The van der Waals surface area contributed by atoms with E-state index in [-0.39, 0.29) is 6.04 Å². The lowest BCUT2D eigenvalue weighted by Gasteiger charge is -2.34. The highest BCUT2D eigenvalue weighted by molar-refractivity contribution is 6.06. The van der Waals surface area contributed by atoms with Crippen LogP contribution in [-0.2, 0) is 17.4 Å². The molecular weight excluding hydrogens is 478 g/mol. The van der Waals surface area contributed by atoms with Crippen molar-refractivity contribution in [1.82, 2.24) is 24.5 Å². The summed E-state index contributed by atoms with van der Waals surface area (Å²) >= 11 is 0. The van der Waals surface area contributed by atoms with Crippen LogP contribution in [-0.4, -0.2) is 42.8 Å². The molecule has 38 heavy (non-hydrogen) atoms. The molecule has 1 aromatic carbocycles. The van der Waals surface area contributed by atoms with Crippen LogP contribution in [0.4, 0.5) is 0 Å². The van der Waals surface area contributed by atoms with E-state index in [1.54, 1.807) is 13.8 Å². The summed E-state index contributed by atoms with van der Waals surface area (Å²) in [6, 6.07) is 10.8. The van der Waals surface area contributed by atoms with Crippen molar-refractivity contribution in [1.29, 1.82) is 0 Å². The van der Waals surface area contributed by atoms with Crippen LogP contribution in [0, 0.1) is 26.7 Å². The van der Waals surface area contributed by atoms with Crippen LogP contribution < -0.4 is 0 Å². The van der Waals surface area contributed by atoms with E-state index in [9.17, 15) is 5.11 Å². The zero-order valence-electron chi connectivity index (χ0n) is 22.9. The van der Waals surface area contributed by atoms with E-state index >= 15 is 0 Å². The summed E-state index contributed by atoms with van der Waals surface area (Å²) in [4.78, 5) is 5.01. The minimum absolute atomic E-state index is 0.0205. The number of fused-ring (bicyclic) bond motifs is 3. The van der Waals surface area contributed by atoms with Crippen molar-refractivity contribution in [3.63, 3.8) is 0 Å². The number of aromatic nitrogens is 5. The van der Waals surface area contributed by atoms with E-state index in [1.807, 2.05) is 31.8 Å². The number of aryl methyl sites for hydroxylation is 4. The fourth-order valence-corrected chi connectivity index (χ4v) is 6.23. The number of aliphatic hydroxyl groups is 1. The van der Waals surface area contributed by atoms with Gasteiger partial charge in [0, 0.05) is 37.6 Å². The zero-order chi connectivity index (χ0) is 26.8. The second-order valence-electron chi connectivity index (χ2n) is 11.1. The van der Waals surface area contributed by atoms with Crippen molar-refractivity contribution in [2.75, 3.05) is 13.2 Å². The number of nitrogens with zero attached hydrogens (tertiary/aromatic N) is 5. The van der Waals surface area contributed by atoms with Gasteiger partial charge < -0.3 is 18.9 Å². The van der Waals surface area contributed by atoms with Crippen molar-refractivity contribution in [3.05, 3.63) is 64.8 Å². The monoisotopic (exact) mass is 513 g/mol. The molecule has 0 bridgehead atoms. The Kier molecular flexibility index (Phi) is 5.92. The Hall–Kier alpha value is -3.49. The van der Waals surface area contributed by atoms with E-state index in [0.717, 1.165) is 70.7 Å². The molecule has 1 saturated heterocycles. The van der Waals surface area contributed by atoms with Gasteiger partial charge in [0.15, 0.2) is 0 Å². The van der Waals surface area contributed by atoms with Crippen LogP contribution in [0.2, 0.25) is 0 Å². The number of hydrogen-bond acceptors (Lipinski definition) is 6. The molecule has 6 rings (SSSR count). The fourth-order valence-electron chi connectivity index (χ4n) is 6.23. The summed E-state index contributed by atoms with van der Waals surface area (Å²) < 4.78 is 15.6. The maximum absolute atomic E-state index is 11.3. The van der Waals surface area contributed by atoms with Gasteiger partial charge in [0.25, 0.3) is 0 Å². The number of ether oxygens (including phenoxy) is 1. The smallest absolute Gasteiger partial charge is 0.141 e. The third-order valence-corrected chi connectivity index (χ3v) is 8.01. The molecule has 198 valence electrons. The Labute approximate surface area is 222 Å². The van der Waals surface area contributed by atoms with Crippen molar-refractivity contribution in [2.45, 2.75) is 59.1 Å². The maximum atomic E-state index is 11.3. The van der Waals surface area contributed by atoms with Crippen LogP contribution in [0.3, 0.4) is 0 Å². The minimum Gasteiger partial charge on any atom is -0.384 e. The van der Waals surface area contributed by atoms with E-state index in [2.05, 4.69) is 47.0 Å². The molecule has 8 heteroatoms. The van der Waals surface area contributed by atoms with Gasteiger partial charge in [-0.3, -0.25) is 9.67 Å². The number of hydrogen-bond donors (Lipinski definition) is 1. The largest absolute Gasteiger partial charge is 0.384 e. The summed E-state index contributed by atoms with van der Waals surface area (Å²) in [7, 11) is 1.93. The predicted molar refractivity (Wildman–Crippen MR) is 147 cm³/mol. The van der Waals surface area contributed by atoms with Crippen LogP contribution in [0.15, 0.2) is 41.1 Å². The van der Waals surface area contributed by atoms with E-state index in [4.69, 9.17) is 19.3 Å². The molecular formula is C30H35N5O3. The Morgan fingerprint density at radius 2 is 1.82 bits per heavy atom. The van der Waals surface area contributed by atoms with Gasteiger partial charge in [-0.05, 0) is 70.6 Å².